The molecule has 3 aromatic carbocycles. The average molecular weight is 814 g/mol. The highest BCUT2D eigenvalue weighted by Crippen LogP contribution is 2.65. The van der Waals surface area contributed by atoms with Gasteiger partial charge in [0.1, 0.15) is 29.2 Å². The predicted molar refractivity (Wildman–Crippen MR) is 202 cm³/mol. The van der Waals surface area contributed by atoms with Gasteiger partial charge in [0.25, 0.3) is 11.8 Å². The molecule has 310 valence electrons. The molecule has 2 aliphatic heterocycles. The minimum Gasteiger partial charge on any atom is -0.481 e. The molecule has 2 heterocycles. The average Bonchev–Trinajstić information content (AvgIpc) is 3.58. The van der Waals surface area contributed by atoms with Crippen molar-refractivity contribution < 1.29 is 68.5 Å². The number of aliphatic carboxylic acids is 2. The summed E-state index contributed by atoms with van der Waals surface area (Å²) in [6.45, 7) is 0.0271. The number of carboxylic acids is 2. The van der Waals surface area contributed by atoms with E-state index < -0.39 is 103 Å². The second-order valence-corrected chi connectivity index (χ2v) is 15.1. The van der Waals surface area contributed by atoms with Gasteiger partial charge in [0.2, 0.25) is 0 Å². The number of amides is 2. The zero-order chi connectivity index (χ0) is 42.2. The van der Waals surface area contributed by atoms with Crippen LogP contribution >= 0.6 is 0 Å². The van der Waals surface area contributed by atoms with Crippen LogP contribution in [0.5, 0.6) is 5.75 Å². The number of hydrogen-bond donors (Lipinski definition) is 7. The molecule has 7 rings (SSSR count). The van der Waals surface area contributed by atoms with E-state index in [1.807, 2.05) is 18.0 Å². The van der Waals surface area contributed by atoms with Crippen molar-refractivity contribution in [3.05, 3.63) is 112 Å². The van der Waals surface area contributed by atoms with Gasteiger partial charge in [-0.3, -0.25) is 24.1 Å². The van der Waals surface area contributed by atoms with Gasteiger partial charge in [-0.05, 0) is 49.2 Å². The van der Waals surface area contributed by atoms with Crippen LogP contribution in [0.1, 0.15) is 65.7 Å². The van der Waals surface area contributed by atoms with E-state index >= 15 is 0 Å². The second kappa shape index (κ2) is 16.2. The number of nitrogens with zero attached hydrogens (tertiary/aromatic N) is 1. The van der Waals surface area contributed by atoms with E-state index in [0.29, 0.717) is 29.8 Å². The summed E-state index contributed by atoms with van der Waals surface area (Å²) in [4.78, 5) is 80.0. The van der Waals surface area contributed by atoms with Crippen molar-refractivity contribution in [1.29, 1.82) is 0 Å². The van der Waals surface area contributed by atoms with Gasteiger partial charge >= 0.3 is 23.9 Å². The van der Waals surface area contributed by atoms with Gasteiger partial charge in [0, 0.05) is 17.5 Å². The lowest BCUT2D eigenvalue weighted by molar-refractivity contribution is -0.207. The number of hydrogen-bond acceptors (Lipinski definition) is 13. The molecule has 7 N–H and O–H groups in total. The molecule has 3 aromatic rings. The Balaban J connectivity index is 1.17. The number of piperidine rings is 1. The fourth-order valence-corrected chi connectivity index (χ4v) is 9.03. The van der Waals surface area contributed by atoms with Gasteiger partial charge in [0.15, 0.2) is 18.3 Å². The third kappa shape index (κ3) is 7.30. The molecule has 1 spiro atoms. The molecule has 2 bridgehead atoms. The molecule has 0 saturated carbocycles. The molecule has 17 nitrogen and oxygen atoms in total. The van der Waals surface area contributed by atoms with Crippen LogP contribution in [0.15, 0.2) is 84.6 Å². The number of carbonyl (C=O) groups excluding carboxylic acids is 4. The van der Waals surface area contributed by atoms with E-state index in [4.69, 9.17) is 14.2 Å². The van der Waals surface area contributed by atoms with Crippen LogP contribution in [0.3, 0.4) is 0 Å². The summed E-state index contributed by atoms with van der Waals surface area (Å²) in [5.41, 5.74) is -0.435. The number of rotatable bonds is 15. The molecule has 2 amide bonds. The number of benzene rings is 3. The van der Waals surface area contributed by atoms with E-state index in [0.717, 1.165) is 5.56 Å². The first-order valence-electron chi connectivity index (χ1n) is 19.0. The van der Waals surface area contributed by atoms with Crippen molar-refractivity contribution >= 4 is 35.7 Å². The zero-order valence-electron chi connectivity index (χ0n) is 31.8. The number of nitrogens with one attached hydrogen (secondary N) is 2. The first kappa shape index (κ1) is 41.0. The maximum atomic E-state index is 14.0. The molecule has 3 unspecified atom stereocenters. The fourth-order valence-electron chi connectivity index (χ4n) is 9.03. The van der Waals surface area contributed by atoms with Crippen molar-refractivity contribution in [2.24, 2.45) is 0 Å². The van der Waals surface area contributed by atoms with Crippen molar-refractivity contribution in [1.82, 2.24) is 15.5 Å². The fraction of sp³-hybridized carbons (Fsp3) is 0.381. The zero-order valence-corrected chi connectivity index (χ0v) is 31.8. The quantitative estimate of drug-likeness (QED) is 0.105. The highest BCUT2D eigenvalue weighted by atomic mass is 16.6. The van der Waals surface area contributed by atoms with E-state index in [-0.39, 0.29) is 29.7 Å². The Morgan fingerprint density at radius 3 is 1.93 bits per heavy atom. The van der Waals surface area contributed by atoms with Crippen molar-refractivity contribution in [2.45, 2.75) is 86.2 Å². The van der Waals surface area contributed by atoms with E-state index in [9.17, 15) is 54.3 Å². The number of aliphatic hydroxyl groups excluding tert-OH is 3. The first-order chi connectivity index (χ1) is 28.2. The van der Waals surface area contributed by atoms with Crippen LogP contribution in [-0.2, 0) is 56.7 Å². The smallest absolute Gasteiger partial charge is 0.326 e. The van der Waals surface area contributed by atoms with Crippen LogP contribution in [0, 0.1) is 0 Å². The van der Waals surface area contributed by atoms with Crippen LogP contribution in [0.2, 0.25) is 0 Å². The van der Waals surface area contributed by atoms with Crippen LogP contribution < -0.4 is 15.4 Å². The highest BCUT2D eigenvalue weighted by Gasteiger charge is 2.74. The number of carbonyl (C=O) groups is 6. The summed E-state index contributed by atoms with van der Waals surface area (Å²) in [5, 5.41) is 55.9. The molecule has 17 heteroatoms. The third-order valence-corrected chi connectivity index (χ3v) is 11.8. The summed E-state index contributed by atoms with van der Waals surface area (Å²) < 4.78 is 18.9. The molecule has 4 aliphatic rings. The predicted octanol–water partition coefficient (Wildman–Crippen LogP) is 0.937. The van der Waals surface area contributed by atoms with Crippen LogP contribution in [-0.4, -0.2) is 110 Å². The molecular formula is C42H43N3O14. The minimum absolute atomic E-state index is 0.0247. The second-order valence-electron chi connectivity index (χ2n) is 15.1. The van der Waals surface area contributed by atoms with E-state index in [1.165, 1.54) is 30.3 Å². The number of aliphatic hydroxyl groups is 3. The molecular weight excluding hydrogens is 770 g/mol. The molecule has 59 heavy (non-hydrogen) atoms. The third-order valence-electron chi connectivity index (χ3n) is 11.8. The summed E-state index contributed by atoms with van der Waals surface area (Å²) >= 11 is 0. The van der Waals surface area contributed by atoms with Crippen molar-refractivity contribution in [2.75, 3.05) is 13.6 Å². The monoisotopic (exact) mass is 813 g/mol. The Labute approximate surface area is 337 Å². The summed E-state index contributed by atoms with van der Waals surface area (Å²) in [6, 6.07) is 15.1. The SMILES string of the molecule is CN1CCC23c4c5ccc(CO)c4OC2C(OC(=O)C[C@H](NC(=O)[C@@H](O)c2ccccc2)C(=O)O)=CC[C@@]3(OC(=O)C[C@H](NC(=O)C(O)c2ccccc2)C(=O)O)[C@H]1C5. The normalized spacial score (nSPS) is 24.4. The van der Waals surface area contributed by atoms with Crippen molar-refractivity contribution in [3.63, 3.8) is 0 Å². The Hall–Kier alpha value is -6.14. The van der Waals surface area contributed by atoms with Gasteiger partial charge in [-0.2, -0.15) is 0 Å². The first-order valence-corrected chi connectivity index (χ1v) is 19.0. The number of carboxylic acid groups (broad SMARTS) is 2. The Morgan fingerprint density at radius 2 is 1.39 bits per heavy atom. The van der Waals surface area contributed by atoms with Gasteiger partial charge in [0.05, 0.1) is 30.9 Å². The van der Waals surface area contributed by atoms with E-state index in [2.05, 4.69) is 10.6 Å². The molecule has 1 fully saturated rings. The Kier molecular flexibility index (Phi) is 11.3. The number of ether oxygens (including phenoxy) is 3. The summed E-state index contributed by atoms with van der Waals surface area (Å²) in [7, 11) is 1.85. The molecule has 0 radical (unpaired) electrons. The highest BCUT2D eigenvalue weighted by molar-refractivity contribution is 5.90. The van der Waals surface area contributed by atoms with Crippen molar-refractivity contribution in [3.8, 4) is 5.75 Å². The van der Waals surface area contributed by atoms with Gasteiger partial charge in [-0.1, -0.05) is 72.8 Å². The summed E-state index contributed by atoms with van der Waals surface area (Å²) in [6.07, 6.45) is -4.18. The molecule has 2 aliphatic carbocycles. The van der Waals surface area contributed by atoms with Crippen LogP contribution in [0.25, 0.3) is 0 Å². The van der Waals surface area contributed by atoms with Gasteiger partial charge in [-0.15, -0.1) is 0 Å². The Morgan fingerprint density at radius 1 is 0.831 bits per heavy atom. The number of esters is 2. The molecule has 8 atom stereocenters. The lowest BCUT2D eigenvalue weighted by Crippen LogP contribution is -2.75. The van der Waals surface area contributed by atoms with Crippen LogP contribution in [0.4, 0.5) is 0 Å². The standard InChI is InChI=1S/C42H43N3O14/c1-45-17-16-41-32-24-12-13-25(21-46)35(32)58-36(41)28(57-30(47)19-26(39(53)54)43-37(51)33(49)22-8-4-2-5-9-22)14-15-42(41,29(45)18-24)59-31(48)20-27(40(55)56)44-38(52)34(50)23-10-6-3-7-11-23/h2-14,26-27,29,33-34,36,46,49-50H,15-21H2,1H3,(H,43,51)(H,44,52)(H,53,54)(H,55,56)/t26-,27-,29+,33-,34?,36?,41?,42+/m0/s1. The summed E-state index contributed by atoms with van der Waals surface area (Å²) in [5.74, 6) is -6.94. The lowest BCUT2D eigenvalue weighted by atomic mass is 9.50. The maximum Gasteiger partial charge on any atom is 0.326 e. The Bertz CT molecular complexity index is 2200. The lowest BCUT2D eigenvalue weighted by Gasteiger charge is -2.62. The van der Waals surface area contributed by atoms with Gasteiger partial charge < -0.3 is 50.4 Å². The maximum absolute atomic E-state index is 14.0. The molecule has 1 saturated heterocycles. The largest absolute Gasteiger partial charge is 0.481 e. The molecule has 0 aromatic heterocycles. The van der Waals surface area contributed by atoms with Gasteiger partial charge in [-0.25, -0.2) is 9.59 Å². The number of likely N-dealkylation sites (tertiary alicyclic amines) is 1. The minimum atomic E-state index is -1.79. The number of likely N-dealkylation sites (N-methyl/N-ethyl adjacent to an activating group) is 1. The topological polar surface area (TPSA) is 259 Å². The van der Waals surface area contributed by atoms with E-state index in [1.54, 1.807) is 42.5 Å².